The van der Waals surface area contributed by atoms with E-state index in [9.17, 15) is 4.79 Å². The minimum Gasteiger partial charge on any atom is -0.492 e. The number of carbonyl (C=O) groups excluding carboxylic acids is 1. The summed E-state index contributed by atoms with van der Waals surface area (Å²) in [5.41, 5.74) is 5.89. The third kappa shape index (κ3) is 5.92. The largest absolute Gasteiger partial charge is 0.492 e. The molecule has 0 spiro atoms. The molecule has 0 aliphatic carbocycles. The van der Waals surface area contributed by atoms with Crippen molar-refractivity contribution in [3.8, 4) is 5.75 Å². The Morgan fingerprint density at radius 3 is 3.00 bits per heavy atom. The van der Waals surface area contributed by atoms with Gasteiger partial charge in [-0.3, -0.25) is 4.79 Å². The highest BCUT2D eigenvalue weighted by Gasteiger charge is 2.09. The topological polar surface area (TPSA) is 77.2 Å². The van der Waals surface area contributed by atoms with Gasteiger partial charge in [0.2, 0.25) is 0 Å². The van der Waals surface area contributed by atoms with Crippen molar-refractivity contribution in [2.24, 2.45) is 5.73 Å². The number of nitrogens with two attached hydrogens (primary N) is 1. The zero-order valence-electron chi connectivity index (χ0n) is 11.8. The molecule has 0 saturated heterocycles. The second kappa shape index (κ2) is 9.78. The van der Waals surface area contributed by atoms with Crippen LogP contribution in [0, 0.1) is 0 Å². The van der Waals surface area contributed by atoms with Gasteiger partial charge in [-0.25, -0.2) is 4.98 Å². The van der Waals surface area contributed by atoms with Crippen LogP contribution >= 0.6 is 39.7 Å². The molecule has 5 nitrogen and oxygen atoms in total. The summed E-state index contributed by atoms with van der Waals surface area (Å²) in [6.45, 7) is 1.37. The van der Waals surface area contributed by atoms with Gasteiger partial charge in [0.25, 0.3) is 5.91 Å². The molecule has 120 valence electrons. The smallest absolute Gasteiger partial charge is 0.270 e. The van der Waals surface area contributed by atoms with E-state index in [4.69, 9.17) is 10.5 Å². The molecular formula is C14H17BrClN3O2S. The van der Waals surface area contributed by atoms with Gasteiger partial charge in [0.1, 0.15) is 18.1 Å². The second-order valence-electron chi connectivity index (χ2n) is 4.23. The molecule has 1 heterocycles. The quantitative estimate of drug-likeness (QED) is 0.693. The van der Waals surface area contributed by atoms with Gasteiger partial charge < -0.3 is 15.8 Å². The monoisotopic (exact) mass is 405 g/mol. The van der Waals surface area contributed by atoms with Crippen LogP contribution in [0.4, 0.5) is 0 Å². The highest BCUT2D eigenvalue weighted by Crippen LogP contribution is 2.17. The first-order chi connectivity index (χ1) is 10.2. The number of rotatable bonds is 7. The first-order valence-electron chi connectivity index (χ1n) is 6.50. The standard InChI is InChI=1S/C14H16BrN3O2S.ClH/c15-10-2-1-3-11(8-10)20-7-6-17-14(19)12-9-21-13(18-12)4-5-16;/h1-3,8-9H,4-7,16H2,(H,17,19);1H. The maximum atomic E-state index is 11.9. The molecular weight excluding hydrogens is 390 g/mol. The van der Waals surface area contributed by atoms with Gasteiger partial charge >= 0.3 is 0 Å². The van der Waals surface area contributed by atoms with E-state index in [2.05, 4.69) is 26.2 Å². The number of benzene rings is 1. The fourth-order valence-electron chi connectivity index (χ4n) is 1.63. The number of ether oxygens (including phenoxy) is 1. The Morgan fingerprint density at radius 2 is 2.27 bits per heavy atom. The molecule has 0 saturated carbocycles. The molecule has 2 rings (SSSR count). The van der Waals surface area contributed by atoms with Crippen molar-refractivity contribution in [3.63, 3.8) is 0 Å². The van der Waals surface area contributed by atoms with Gasteiger partial charge in [-0.1, -0.05) is 22.0 Å². The average molecular weight is 407 g/mol. The molecule has 0 radical (unpaired) electrons. The van der Waals surface area contributed by atoms with E-state index in [1.54, 1.807) is 5.38 Å². The number of thiazole rings is 1. The molecule has 0 aliphatic heterocycles. The predicted octanol–water partition coefficient (Wildman–Crippen LogP) is 2.64. The van der Waals surface area contributed by atoms with Crippen LogP contribution in [-0.2, 0) is 6.42 Å². The predicted molar refractivity (Wildman–Crippen MR) is 94.1 cm³/mol. The van der Waals surface area contributed by atoms with Crippen molar-refractivity contribution in [3.05, 3.63) is 44.8 Å². The number of halogens is 2. The van der Waals surface area contributed by atoms with Gasteiger partial charge in [0, 0.05) is 16.3 Å². The van der Waals surface area contributed by atoms with E-state index in [0.29, 0.717) is 31.8 Å². The van der Waals surface area contributed by atoms with Crippen LogP contribution in [0.15, 0.2) is 34.1 Å². The van der Waals surface area contributed by atoms with E-state index in [1.807, 2.05) is 24.3 Å². The zero-order valence-corrected chi connectivity index (χ0v) is 15.0. The molecule has 1 aromatic heterocycles. The molecule has 22 heavy (non-hydrogen) atoms. The molecule has 0 bridgehead atoms. The van der Waals surface area contributed by atoms with Crippen LogP contribution in [0.1, 0.15) is 15.5 Å². The molecule has 1 amide bonds. The van der Waals surface area contributed by atoms with E-state index in [1.165, 1.54) is 11.3 Å². The molecule has 0 atom stereocenters. The van der Waals surface area contributed by atoms with Crippen molar-refractivity contribution in [2.45, 2.75) is 6.42 Å². The van der Waals surface area contributed by atoms with Crippen molar-refractivity contribution in [1.82, 2.24) is 10.3 Å². The first-order valence-corrected chi connectivity index (χ1v) is 8.17. The summed E-state index contributed by atoms with van der Waals surface area (Å²) in [5, 5.41) is 5.40. The fourth-order valence-corrected chi connectivity index (χ4v) is 2.81. The van der Waals surface area contributed by atoms with Gasteiger partial charge in [-0.15, -0.1) is 23.7 Å². The van der Waals surface area contributed by atoms with Crippen molar-refractivity contribution in [2.75, 3.05) is 19.7 Å². The van der Waals surface area contributed by atoms with E-state index < -0.39 is 0 Å². The van der Waals surface area contributed by atoms with Gasteiger partial charge in [0.05, 0.1) is 11.6 Å². The number of nitrogens with one attached hydrogen (secondary N) is 1. The summed E-state index contributed by atoms with van der Waals surface area (Å²) < 4.78 is 6.50. The molecule has 8 heteroatoms. The van der Waals surface area contributed by atoms with Crippen LogP contribution in [0.25, 0.3) is 0 Å². The van der Waals surface area contributed by atoms with Crippen LogP contribution < -0.4 is 15.8 Å². The minimum atomic E-state index is -0.188. The molecule has 0 unspecified atom stereocenters. The molecule has 2 aromatic rings. The SMILES string of the molecule is Cl.NCCc1nc(C(=O)NCCOc2cccc(Br)c2)cs1. The number of carbonyl (C=O) groups is 1. The van der Waals surface area contributed by atoms with E-state index in [-0.39, 0.29) is 18.3 Å². The van der Waals surface area contributed by atoms with Gasteiger partial charge in [0.15, 0.2) is 0 Å². The van der Waals surface area contributed by atoms with Crippen molar-refractivity contribution in [1.29, 1.82) is 0 Å². The number of hydrogen-bond donors (Lipinski definition) is 2. The molecule has 0 aliphatic rings. The fraction of sp³-hybridized carbons (Fsp3) is 0.286. The molecule has 0 fully saturated rings. The summed E-state index contributed by atoms with van der Waals surface area (Å²) in [6, 6.07) is 7.56. The van der Waals surface area contributed by atoms with E-state index in [0.717, 1.165) is 15.2 Å². The number of hydrogen-bond acceptors (Lipinski definition) is 5. The second-order valence-corrected chi connectivity index (χ2v) is 6.09. The van der Waals surface area contributed by atoms with Crippen molar-refractivity contribution >= 4 is 45.6 Å². The lowest BCUT2D eigenvalue weighted by Gasteiger charge is -2.07. The highest BCUT2D eigenvalue weighted by atomic mass is 79.9. The first kappa shape index (κ1) is 18.9. The Morgan fingerprint density at radius 1 is 1.45 bits per heavy atom. The lowest BCUT2D eigenvalue weighted by atomic mass is 10.3. The minimum absolute atomic E-state index is 0. The highest BCUT2D eigenvalue weighted by molar-refractivity contribution is 9.10. The Labute approximate surface area is 147 Å². The Kier molecular flexibility index (Phi) is 8.40. The summed E-state index contributed by atoms with van der Waals surface area (Å²) in [7, 11) is 0. The lowest BCUT2D eigenvalue weighted by Crippen LogP contribution is -2.28. The molecule has 1 aromatic carbocycles. The van der Waals surface area contributed by atoms with Crippen LogP contribution in [0.5, 0.6) is 5.75 Å². The summed E-state index contributed by atoms with van der Waals surface area (Å²) in [6.07, 6.45) is 0.698. The lowest BCUT2D eigenvalue weighted by molar-refractivity contribution is 0.0942. The Balaban J connectivity index is 0.00000242. The molecule has 3 N–H and O–H groups in total. The third-order valence-electron chi connectivity index (χ3n) is 2.60. The summed E-state index contributed by atoms with van der Waals surface area (Å²) >= 11 is 4.83. The number of aromatic nitrogens is 1. The maximum Gasteiger partial charge on any atom is 0.270 e. The zero-order chi connectivity index (χ0) is 15.1. The third-order valence-corrected chi connectivity index (χ3v) is 4.00. The average Bonchev–Trinajstić information content (AvgIpc) is 2.93. The van der Waals surface area contributed by atoms with E-state index >= 15 is 0 Å². The maximum absolute atomic E-state index is 11.9. The number of nitrogens with zero attached hydrogens (tertiary/aromatic N) is 1. The Hall–Kier alpha value is -1.15. The van der Waals surface area contributed by atoms with Crippen LogP contribution in [0.2, 0.25) is 0 Å². The number of amides is 1. The normalized spacial score (nSPS) is 9.91. The van der Waals surface area contributed by atoms with Crippen LogP contribution in [0.3, 0.4) is 0 Å². The summed E-state index contributed by atoms with van der Waals surface area (Å²) in [4.78, 5) is 16.1. The summed E-state index contributed by atoms with van der Waals surface area (Å²) in [5.74, 6) is 0.574. The van der Waals surface area contributed by atoms with Gasteiger partial charge in [-0.2, -0.15) is 0 Å². The Bertz CT molecular complexity index is 609. The van der Waals surface area contributed by atoms with Gasteiger partial charge in [-0.05, 0) is 24.7 Å². The van der Waals surface area contributed by atoms with Crippen molar-refractivity contribution < 1.29 is 9.53 Å². The van der Waals surface area contributed by atoms with Crippen LogP contribution in [-0.4, -0.2) is 30.6 Å².